The Balaban J connectivity index is 2.27. The van der Waals surface area contributed by atoms with E-state index in [1.54, 1.807) is 22.7 Å². The highest BCUT2D eigenvalue weighted by Gasteiger charge is 2.09. The highest BCUT2D eigenvalue weighted by atomic mass is 19.1. The number of nitrogen functional groups attached to an aromatic ring is 1. The van der Waals surface area contributed by atoms with Gasteiger partial charge in [0.2, 0.25) is 0 Å². The highest BCUT2D eigenvalue weighted by molar-refractivity contribution is 5.62. The van der Waals surface area contributed by atoms with Gasteiger partial charge in [0.1, 0.15) is 5.82 Å². The summed E-state index contributed by atoms with van der Waals surface area (Å²) < 4.78 is 15.0. The maximum atomic E-state index is 13.2. The summed E-state index contributed by atoms with van der Waals surface area (Å²) in [7, 11) is 0. The summed E-state index contributed by atoms with van der Waals surface area (Å²) in [5, 5.41) is 8.14. The van der Waals surface area contributed by atoms with Gasteiger partial charge in [-0.25, -0.2) is 4.39 Å². The van der Waals surface area contributed by atoms with E-state index in [1.165, 1.54) is 12.1 Å². The van der Waals surface area contributed by atoms with Crippen molar-refractivity contribution in [3.63, 3.8) is 0 Å². The SMILES string of the molecule is Cc1cc2nnc(-c3cccc(F)c3)n2cc1N. The molecule has 1 aromatic carbocycles. The lowest BCUT2D eigenvalue weighted by Crippen LogP contribution is -1.96. The molecular formula is C13H11FN4. The maximum Gasteiger partial charge on any atom is 0.168 e. The topological polar surface area (TPSA) is 56.2 Å². The van der Waals surface area contributed by atoms with Crippen molar-refractivity contribution >= 4 is 11.3 Å². The molecule has 0 spiro atoms. The Kier molecular flexibility index (Phi) is 2.26. The molecule has 90 valence electrons. The van der Waals surface area contributed by atoms with Crippen LogP contribution in [0.2, 0.25) is 0 Å². The fourth-order valence-corrected chi connectivity index (χ4v) is 1.87. The zero-order valence-corrected chi connectivity index (χ0v) is 9.76. The van der Waals surface area contributed by atoms with Crippen LogP contribution in [-0.2, 0) is 0 Å². The van der Waals surface area contributed by atoms with Crippen molar-refractivity contribution in [2.24, 2.45) is 0 Å². The molecule has 0 bridgehead atoms. The summed E-state index contributed by atoms with van der Waals surface area (Å²) in [6.07, 6.45) is 1.75. The molecule has 2 aromatic heterocycles. The van der Waals surface area contributed by atoms with Crippen molar-refractivity contribution in [1.82, 2.24) is 14.6 Å². The van der Waals surface area contributed by atoms with Crippen molar-refractivity contribution < 1.29 is 4.39 Å². The van der Waals surface area contributed by atoms with Crippen molar-refractivity contribution in [3.8, 4) is 11.4 Å². The number of rotatable bonds is 1. The minimum absolute atomic E-state index is 0.302. The molecule has 0 atom stereocenters. The molecule has 2 heterocycles. The second-order valence-corrected chi connectivity index (χ2v) is 4.17. The van der Waals surface area contributed by atoms with E-state index in [9.17, 15) is 4.39 Å². The molecule has 0 radical (unpaired) electrons. The van der Waals surface area contributed by atoms with Crippen LogP contribution in [0.3, 0.4) is 0 Å². The Morgan fingerprint density at radius 1 is 1.22 bits per heavy atom. The molecule has 3 rings (SSSR count). The minimum atomic E-state index is -0.302. The van der Waals surface area contributed by atoms with E-state index in [1.807, 2.05) is 13.0 Å². The number of pyridine rings is 1. The number of nitrogens with two attached hydrogens (primary N) is 1. The normalized spacial score (nSPS) is 11.0. The molecule has 0 aliphatic rings. The van der Waals surface area contributed by atoms with Crippen LogP contribution in [-0.4, -0.2) is 14.6 Å². The fourth-order valence-electron chi connectivity index (χ4n) is 1.87. The third kappa shape index (κ3) is 1.60. The van der Waals surface area contributed by atoms with E-state index >= 15 is 0 Å². The van der Waals surface area contributed by atoms with E-state index < -0.39 is 0 Å². The average Bonchev–Trinajstić information content (AvgIpc) is 2.73. The first kappa shape index (κ1) is 10.7. The van der Waals surface area contributed by atoms with Crippen LogP contribution in [0.1, 0.15) is 5.56 Å². The monoisotopic (exact) mass is 242 g/mol. The van der Waals surface area contributed by atoms with E-state index in [2.05, 4.69) is 10.2 Å². The summed E-state index contributed by atoms with van der Waals surface area (Å²) in [4.78, 5) is 0. The molecule has 0 aliphatic heterocycles. The van der Waals surface area contributed by atoms with Gasteiger partial charge in [0.15, 0.2) is 11.5 Å². The second kappa shape index (κ2) is 3.80. The second-order valence-electron chi connectivity index (χ2n) is 4.17. The van der Waals surface area contributed by atoms with Crippen LogP contribution in [0.5, 0.6) is 0 Å². The lowest BCUT2D eigenvalue weighted by atomic mass is 10.2. The van der Waals surface area contributed by atoms with Gasteiger partial charge in [-0.1, -0.05) is 12.1 Å². The quantitative estimate of drug-likeness (QED) is 0.713. The van der Waals surface area contributed by atoms with Crippen LogP contribution in [0.25, 0.3) is 17.0 Å². The molecule has 0 saturated heterocycles. The van der Waals surface area contributed by atoms with E-state index in [0.29, 0.717) is 22.7 Å². The minimum Gasteiger partial charge on any atom is -0.397 e. The van der Waals surface area contributed by atoms with E-state index in [4.69, 9.17) is 5.73 Å². The Bertz CT molecular complexity index is 733. The van der Waals surface area contributed by atoms with Crippen molar-refractivity contribution in [2.45, 2.75) is 6.92 Å². The van der Waals surface area contributed by atoms with Crippen LogP contribution in [0.15, 0.2) is 36.5 Å². The van der Waals surface area contributed by atoms with E-state index in [-0.39, 0.29) is 5.82 Å². The number of hydrogen-bond acceptors (Lipinski definition) is 3. The number of anilines is 1. The molecule has 0 fully saturated rings. The smallest absolute Gasteiger partial charge is 0.168 e. The number of benzene rings is 1. The molecular weight excluding hydrogens is 231 g/mol. The third-order valence-corrected chi connectivity index (χ3v) is 2.87. The standard InChI is InChI=1S/C13H11FN4/c1-8-5-12-16-17-13(18(12)7-11(8)15)9-3-2-4-10(14)6-9/h2-7H,15H2,1H3. The number of aryl methyl sites for hydroxylation is 1. The predicted octanol–water partition coefficient (Wildman–Crippen LogP) is 2.43. The van der Waals surface area contributed by atoms with Crippen molar-refractivity contribution in [2.75, 3.05) is 5.73 Å². The predicted molar refractivity (Wildman–Crippen MR) is 67.5 cm³/mol. The lowest BCUT2D eigenvalue weighted by molar-refractivity contribution is 0.628. The van der Waals surface area contributed by atoms with Gasteiger partial charge < -0.3 is 5.73 Å². The fraction of sp³-hybridized carbons (Fsp3) is 0.0769. The summed E-state index contributed by atoms with van der Waals surface area (Å²) >= 11 is 0. The Morgan fingerprint density at radius 2 is 2.06 bits per heavy atom. The summed E-state index contributed by atoms with van der Waals surface area (Å²) in [6, 6.07) is 8.10. The first-order valence-electron chi connectivity index (χ1n) is 5.52. The molecule has 0 unspecified atom stereocenters. The zero-order chi connectivity index (χ0) is 12.7. The molecule has 4 nitrogen and oxygen atoms in total. The van der Waals surface area contributed by atoms with Gasteiger partial charge in [0, 0.05) is 11.8 Å². The molecule has 3 aromatic rings. The number of hydrogen-bond donors (Lipinski definition) is 1. The van der Waals surface area contributed by atoms with Crippen LogP contribution in [0.4, 0.5) is 10.1 Å². The summed E-state index contributed by atoms with van der Waals surface area (Å²) in [5.41, 5.74) is 8.84. The van der Waals surface area contributed by atoms with Gasteiger partial charge in [-0.05, 0) is 30.7 Å². The van der Waals surface area contributed by atoms with Gasteiger partial charge in [-0.2, -0.15) is 0 Å². The lowest BCUT2D eigenvalue weighted by Gasteiger charge is -2.03. The Hall–Kier alpha value is -2.43. The van der Waals surface area contributed by atoms with E-state index in [0.717, 1.165) is 5.56 Å². The zero-order valence-electron chi connectivity index (χ0n) is 9.76. The van der Waals surface area contributed by atoms with Gasteiger partial charge >= 0.3 is 0 Å². The number of nitrogens with zero attached hydrogens (tertiary/aromatic N) is 3. The maximum absolute atomic E-state index is 13.2. The van der Waals surface area contributed by atoms with Gasteiger partial charge in [0.25, 0.3) is 0 Å². The average molecular weight is 242 g/mol. The number of aromatic nitrogens is 3. The Labute approximate surface area is 103 Å². The van der Waals surface area contributed by atoms with Gasteiger partial charge in [0.05, 0.1) is 5.69 Å². The van der Waals surface area contributed by atoms with Crippen LogP contribution < -0.4 is 5.73 Å². The first-order chi connectivity index (χ1) is 8.65. The molecule has 0 amide bonds. The Morgan fingerprint density at radius 3 is 2.83 bits per heavy atom. The number of halogens is 1. The molecule has 0 saturated carbocycles. The van der Waals surface area contributed by atoms with Crippen LogP contribution in [0, 0.1) is 12.7 Å². The third-order valence-electron chi connectivity index (χ3n) is 2.87. The summed E-state index contributed by atoms with van der Waals surface area (Å²) in [6.45, 7) is 1.91. The molecule has 2 N–H and O–H groups in total. The largest absolute Gasteiger partial charge is 0.397 e. The molecule has 0 aliphatic carbocycles. The number of fused-ring (bicyclic) bond motifs is 1. The van der Waals surface area contributed by atoms with Crippen molar-refractivity contribution in [1.29, 1.82) is 0 Å². The summed E-state index contributed by atoms with van der Waals surface area (Å²) in [5.74, 6) is 0.278. The van der Waals surface area contributed by atoms with Gasteiger partial charge in [-0.15, -0.1) is 10.2 Å². The van der Waals surface area contributed by atoms with Crippen LogP contribution >= 0.6 is 0 Å². The molecule has 18 heavy (non-hydrogen) atoms. The first-order valence-corrected chi connectivity index (χ1v) is 5.52. The molecule has 5 heteroatoms. The van der Waals surface area contributed by atoms with Gasteiger partial charge in [-0.3, -0.25) is 4.40 Å². The highest BCUT2D eigenvalue weighted by Crippen LogP contribution is 2.21. The van der Waals surface area contributed by atoms with Crippen molar-refractivity contribution in [3.05, 3.63) is 47.9 Å².